The van der Waals surface area contributed by atoms with Gasteiger partial charge in [-0.1, -0.05) is 31.2 Å². The van der Waals surface area contributed by atoms with Crippen LogP contribution in [0.1, 0.15) is 34.2 Å². The van der Waals surface area contributed by atoms with E-state index < -0.39 is 0 Å². The summed E-state index contributed by atoms with van der Waals surface area (Å²) in [5, 5.41) is 7.58. The van der Waals surface area contributed by atoms with Gasteiger partial charge in [0, 0.05) is 23.0 Å². The third kappa shape index (κ3) is 4.51. The molecule has 4 rings (SSSR count). The van der Waals surface area contributed by atoms with Gasteiger partial charge in [-0.15, -0.1) is 0 Å². The van der Waals surface area contributed by atoms with Gasteiger partial charge in [-0.05, 0) is 74.4 Å². The lowest BCUT2D eigenvalue weighted by atomic mass is 10.1. The zero-order chi connectivity index (χ0) is 21.8. The molecule has 5 heteroatoms. The lowest BCUT2D eigenvalue weighted by Gasteiger charge is -2.10. The number of hydrogen-bond acceptors (Lipinski definition) is 3. The quantitative estimate of drug-likeness (QED) is 0.417. The van der Waals surface area contributed by atoms with Gasteiger partial charge in [0.2, 0.25) is 0 Å². The Kier molecular flexibility index (Phi) is 5.85. The molecular formula is C26H25N3O2. The summed E-state index contributed by atoms with van der Waals surface area (Å²) in [5.74, 6) is 1.23. The van der Waals surface area contributed by atoms with Crippen molar-refractivity contribution in [1.29, 1.82) is 0 Å². The topological polar surface area (TPSA) is 56.2 Å². The van der Waals surface area contributed by atoms with E-state index in [0.717, 1.165) is 29.2 Å². The summed E-state index contributed by atoms with van der Waals surface area (Å²) in [6.45, 7) is 6.23. The highest BCUT2D eigenvalue weighted by molar-refractivity contribution is 6.04. The number of nitrogens with zero attached hydrogens (tertiary/aromatic N) is 2. The predicted octanol–water partition coefficient (Wildman–Crippen LogP) is 6.10. The lowest BCUT2D eigenvalue weighted by Crippen LogP contribution is -2.12. The van der Waals surface area contributed by atoms with E-state index in [0.29, 0.717) is 17.0 Å². The second-order valence-electron chi connectivity index (χ2n) is 7.36. The van der Waals surface area contributed by atoms with Crippen molar-refractivity contribution in [2.75, 3.05) is 5.32 Å². The number of aromatic nitrogens is 2. The first-order valence-corrected chi connectivity index (χ1v) is 10.3. The molecule has 5 nitrogen and oxygen atoms in total. The van der Waals surface area contributed by atoms with Crippen molar-refractivity contribution in [2.24, 2.45) is 0 Å². The molecule has 31 heavy (non-hydrogen) atoms. The zero-order valence-corrected chi connectivity index (χ0v) is 17.9. The molecule has 0 spiro atoms. The van der Waals surface area contributed by atoms with E-state index in [1.165, 1.54) is 5.56 Å². The Morgan fingerprint density at radius 1 is 0.935 bits per heavy atom. The standard InChI is InChI=1S/C26H25N3O2/c1-4-25-18(2)28-29(19(25)3)22-15-13-20(14-16-22)26(30)27-21-9-8-12-24(17-21)31-23-10-6-5-7-11-23/h5-17H,4H2,1-3H3,(H,27,30). The molecule has 3 aromatic carbocycles. The van der Waals surface area contributed by atoms with Crippen LogP contribution in [0.4, 0.5) is 5.69 Å². The molecule has 0 unspecified atom stereocenters. The summed E-state index contributed by atoms with van der Waals surface area (Å²) in [7, 11) is 0. The van der Waals surface area contributed by atoms with Crippen LogP contribution >= 0.6 is 0 Å². The number of carbonyl (C=O) groups excluding carboxylic acids is 1. The summed E-state index contributed by atoms with van der Waals surface area (Å²) in [6, 6.07) is 24.4. The van der Waals surface area contributed by atoms with E-state index in [9.17, 15) is 4.79 Å². The molecule has 0 saturated heterocycles. The van der Waals surface area contributed by atoms with Gasteiger partial charge in [0.15, 0.2) is 0 Å². The first kappa shape index (κ1) is 20.4. The fourth-order valence-electron chi connectivity index (χ4n) is 3.66. The molecule has 1 heterocycles. The number of carbonyl (C=O) groups is 1. The van der Waals surface area contributed by atoms with Gasteiger partial charge in [-0.25, -0.2) is 4.68 Å². The molecule has 1 aromatic heterocycles. The van der Waals surface area contributed by atoms with Crippen LogP contribution in [0.15, 0.2) is 78.9 Å². The Balaban J connectivity index is 1.48. The second-order valence-corrected chi connectivity index (χ2v) is 7.36. The highest BCUT2D eigenvalue weighted by Gasteiger charge is 2.12. The van der Waals surface area contributed by atoms with E-state index in [1.54, 1.807) is 6.07 Å². The van der Waals surface area contributed by atoms with Crippen LogP contribution in [-0.2, 0) is 6.42 Å². The summed E-state index contributed by atoms with van der Waals surface area (Å²) < 4.78 is 7.77. The molecule has 0 bridgehead atoms. The van der Waals surface area contributed by atoms with Crippen molar-refractivity contribution in [3.05, 3.63) is 101 Å². The predicted molar refractivity (Wildman–Crippen MR) is 123 cm³/mol. The average Bonchev–Trinajstić information content (AvgIpc) is 3.08. The first-order chi connectivity index (χ1) is 15.0. The van der Waals surface area contributed by atoms with Gasteiger partial charge in [-0.3, -0.25) is 4.79 Å². The smallest absolute Gasteiger partial charge is 0.255 e. The number of aryl methyl sites for hydroxylation is 1. The maximum Gasteiger partial charge on any atom is 0.255 e. The van der Waals surface area contributed by atoms with Crippen LogP contribution in [0.5, 0.6) is 11.5 Å². The molecule has 156 valence electrons. The summed E-state index contributed by atoms with van der Waals surface area (Å²) in [6.07, 6.45) is 0.950. The minimum Gasteiger partial charge on any atom is -0.457 e. The highest BCUT2D eigenvalue weighted by atomic mass is 16.5. The van der Waals surface area contributed by atoms with Crippen molar-refractivity contribution in [2.45, 2.75) is 27.2 Å². The van der Waals surface area contributed by atoms with E-state index in [4.69, 9.17) is 4.74 Å². The van der Waals surface area contributed by atoms with Crippen molar-refractivity contribution in [3.63, 3.8) is 0 Å². The fraction of sp³-hybridized carbons (Fsp3) is 0.154. The average molecular weight is 412 g/mol. The van der Waals surface area contributed by atoms with Gasteiger partial charge in [0.1, 0.15) is 11.5 Å². The van der Waals surface area contributed by atoms with Gasteiger partial charge in [0.05, 0.1) is 11.4 Å². The maximum absolute atomic E-state index is 12.7. The molecule has 0 fully saturated rings. The number of para-hydroxylation sites is 1. The number of nitrogens with one attached hydrogen (secondary N) is 1. The molecule has 0 radical (unpaired) electrons. The van der Waals surface area contributed by atoms with Crippen LogP contribution in [0.25, 0.3) is 5.69 Å². The van der Waals surface area contributed by atoms with Crippen LogP contribution in [0.2, 0.25) is 0 Å². The monoisotopic (exact) mass is 411 g/mol. The molecule has 0 atom stereocenters. The molecule has 0 saturated carbocycles. The molecular weight excluding hydrogens is 386 g/mol. The minimum absolute atomic E-state index is 0.175. The fourth-order valence-corrected chi connectivity index (χ4v) is 3.66. The molecule has 4 aromatic rings. The summed E-state index contributed by atoms with van der Waals surface area (Å²) >= 11 is 0. The van der Waals surface area contributed by atoms with Crippen LogP contribution in [0.3, 0.4) is 0 Å². The summed E-state index contributed by atoms with van der Waals surface area (Å²) in [4.78, 5) is 12.7. The van der Waals surface area contributed by atoms with E-state index in [2.05, 4.69) is 24.3 Å². The normalized spacial score (nSPS) is 10.7. The maximum atomic E-state index is 12.7. The van der Waals surface area contributed by atoms with Gasteiger partial charge >= 0.3 is 0 Å². The molecule has 0 aliphatic rings. The first-order valence-electron chi connectivity index (χ1n) is 10.3. The largest absolute Gasteiger partial charge is 0.457 e. The molecule has 0 aliphatic carbocycles. The number of ether oxygens (including phenoxy) is 1. The van der Waals surface area contributed by atoms with Crippen LogP contribution in [-0.4, -0.2) is 15.7 Å². The number of benzene rings is 3. The number of rotatable bonds is 6. The Morgan fingerprint density at radius 3 is 2.32 bits per heavy atom. The van der Waals surface area contributed by atoms with E-state index in [-0.39, 0.29) is 5.91 Å². The van der Waals surface area contributed by atoms with Gasteiger partial charge < -0.3 is 10.1 Å². The van der Waals surface area contributed by atoms with Crippen molar-refractivity contribution >= 4 is 11.6 Å². The van der Waals surface area contributed by atoms with E-state index in [1.807, 2.05) is 84.4 Å². The van der Waals surface area contributed by atoms with Gasteiger partial charge in [0.25, 0.3) is 5.91 Å². The Hall–Kier alpha value is -3.86. The Labute approximate surface area is 182 Å². The number of amides is 1. The summed E-state index contributed by atoms with van der Waals surface area (Å²) in [5.41, 5.74) is 5.63. The minimum atomic E-state index is -0.175. The third-order valence-electron chi connectivity index (χ3n) is 5.24. The molecule has 1 N–H and O–H groups in total. The zero-order valence-electron chi connectivity index (χ0n) is 17.9. The lowest BCUT2D eigenvalue weighted by molar-refractivity contribution is 0.102. The van der Waals surface area contributed by atoms with Crippen molar-refractivity contribution in [3.8, 4) is 17.2 Å². The Bertz CT molecular complexity index is 1200. The van der Waals surface area contributed by atoms with Crippen molar-refractivity contribution in [1.82, 2.24) is 9.78 Å². The van der Waals surface area contributed by atoms with Crippen molar-refractivity contribution < 1.29 is 9.53 Å². The van der Waals surface area contributed by atoms with Crippen LogP contribution < -0.4 is 10.1 Å². The second kappa shape index (κ2) is 8.88. The number of hydrogen-bond donors (Lipinski definition) is 1. The van der Waals surface area contributed by atoms with E-state index >= 15 is 0 Å². The molecule has 0 aliphatic heterocycles. The Morgan fingerprint density at radius 2 is 1.65 bits per heavy atom. The molecule has 1 amide bonds. The highest BCUT2D eigenvalue weighted by Crippen LogP contribution is 2.24. The van der Waals surface area contributed by atoms with Gasteiger partial charge in [-0.2, -0.15) is 5.10 Å². The number of anilines is 1. The third-order valence-corrected chi connectivity index (χ3v) is 5.24. The van der Waals surface area contributed by atoms with Crippen LogP contribution in [0, 0.1) is 13.8 Å². The SMILES string of the molecule is CCc1c(C)nn(-c2ccc(C(=O)Nc3cccc(Oc4ccccc4)c3)cc2)c1C.